The van der Waals surface area contributed by atoms with Gasteiger partial charge >= 0.3 is 0 Å². The van der Waals surface area contributed by atoms with E-state index in [1.165, 1.54) is 0 Å². The fraction of sp³-hybridized carbons (Fsp3) is 0.571. The van der Waals surface area contributed by atoms with Crippen molar-refractivity contribution in [3.63, 3.8) is 0 Å². The molecule has 0 bridgehead atoms. The van der Waals surface area contributed by atoms with Crippen LogP contribution in [0.3, 0.4) is 0 Å². The van der Waals surface area contributed by atoms with Crippen LogP contribution in [0.4, 0.5) is 0 Å². The summed E-state index contributed by atoms with van der Waals surface area (Å²) in [6, 6.07) is 0. The Labute approximate surface area is 127 Å². The number of nitrogens with one attached hydrogen (secondary N) is 2. The van der Waals surface area contributed by atoms with Crippen molar-refractivity contribution in [2.45, 2.75) is 44.8 Å². The van der Waals surface area contributed by atoms with Crippen molar-refractivity contribution < 1.29 is 14.1 Å². The summed E-state index contributed by atoms with van der Waals surface area (Å²) in [6.45, 7) is 1.01. The Kier molecular flexibility index (Phi) is 4.79. The molecule has 0 spiro atoms. The van der Waals surface area contributed by atoms with Gasteiger partial charge in [-0.2, -0.15) is 10.1 Å². The molecule has 1 amide bonds. The monoisotopic (exact) mass is 305 g/mol. The third-order valence-electron chi connectivity index (χ3n) is 3.56. The first-order valence-electron chi connectivity index (χ1n) is 7.49. The minimum Gasteiger partial charge on any atom is -0.368 e. The highest BCUT2D eigenvalue weighted by Gasteiger charge is 2.23. The van der Waals surface area contributed by atoms with Gasteiger partial charge < -0.3 is 14.6 Å². The lowest BCUT2D eigenvalue weighted by Crippen LogP contribution is -2.23. The van der Waals surface area contributed by atoms with E-state index in [0.717, 1.165) is 37.9 Å². The van der Waals surface area contributed by atoms with Gasteiger partial charge in [0.05, 0.1) is 12.7 Å². The summed E-state index contributed by atoms with van der Waals surface area (Å²) in [5, 5.41) is 13.3. The van der Waals surface area contributed by atoms with Crippen molar-refractivity contribution >= 4 is 5.91 Å². The third kappa shape index (κ3) is 3.91. The number of nitrogens with zero attached hydrogens (tertiary/aromatic N) is 3. The second-order valence-corrected chi connectivity index (χ2v) is 5.29. The van der Waals surface area contributed by atoms with Crippen LogP contribution in [0.1, 0.15) is 49.1 Å². The van der Waals surface area contributed by atoms with E-state index < -0.39 is 0 Å². The first kappa shape index (κ1) is 14.7. The molecule has 0 aromatic carbocycles. The Balaban J connectivity index is 1.37. The molecule has 1 fully saturated rings. The average Bonchev–Trinajstić information content (AvgIpc) is 3.26. The number of hydrogen-bond acceptors (Lipinski definition) is 6. The predicted octanol–water partition coefficient (Wildman–Crippen LogP) is 1.28. The van der Waals surface area contributed by atoms with Crippen LogP contribution in [-0.2, 0) is 22.5 Å². The maximum Gasteiger partial charge on any atom is 0.255 e. The highest BCUT2D eigenvalue weighted by molar-refractivity contribution is 5.75. The summed E-state index contributed by atoms with van der Waals surface area (Å²) in [5.74, 6) is 0.961. The predicted molar refractivity (Wildman–Crippen MR) is 75.6 cm³/mol. The van der Waals surface area contributed by atoms with E-state index in [0.29, 0.717) is 18.1 Å². The zero-order valence-electron chi connectivity index (χ0n) is 12.2. The first-order chi connectivity index (χ1) is 10.8. The molecule has 8 nitrogen and oxygen atoms in total. The number of aryl methyl sites for hydroxylation is 1. The maximum atomic E-state index is 11.8. The third-order valence-corrected chi connectivity index (χ3v) is 3.56. The van der Waals surface area contributed by atoms with Gasteiger partial charge in [-0.3, -0.25) is 9.89 Å². The van der Waals surface area contributed by atoms with E-state index >= 15 is 0 Å². The number of hydrogen-bond donors (Lipinski definition) is 2. The molecule has 2 N–H and O–H groups in total. The summed E-state index contributed by atoms with van der Waals surface area (Å²) >= 11 is 0. The van der Waals surface area contributed by atoms with Crippen LogP contribution in [0.15, 0.2) is 16.9 Å². The lowest BCUT2D eigenvalue weighted by molar-refractivity contribution is -0.121. The maximum absolute atomic E-state index is 11.8. The van der Waals surface area contributed by atoms with Crippen LogP contribution in [0.25, 0.3) is 0 Å². The number of aromatic nitrogens is 4. The number of ether oxygens (including phenoxy) is 1. The van der Waals surface area contributed by atoms with Gasteiger partial charge in [0.2, 0.25) is 5.91 Å². The molecule has 1 saturated heterocycles. The number of H-pyrrole nitrogens is 1. The van der Waals surface area contributed by atoms with Crippen LogP contribution < -0.4 is 5.32 Å². The van der Waals surface area contributed by atoms with E-state index in [-0.39, 0.29) is 18.6 Å². The standard InChI is InChI=1S/C14H19N5O3/c20-13(5-1-3-10-7-16-17-8-10)15-9-12-18-14(22-19-12)11-4-2-6-21-11/h7-8,11H,1-6,9H2,(H,15,20)(H,16,17)/t11-/m1/s1. The summed E-state index contributed by atoms with van der Waals surface area (Å²) in [4.78, 5) is 16.0. The lowest BCUT2D eigenvalue weighted by Gasteiger charge is -2.02. The zero-order valence-corrected chi connectivity index (χ0v) is 12.2. The second kappa shape index (κ2) is 7.17. The van der Waals surface area contributed by atoms with E-state index in [1.54, 1.807) is 6.20 Å². The van der Waals surface area contributed by atoms with Crippen molar-refractivity contribution in [1.29, 1.82) is 0 Å². The van der Waals surface area contributed by atoms with Gasteiger partial charge in [-0.15, -0.1) is 0 Å². The van der Waals surface area contributed by atoms with Gasteiger partial charge in [-0.25, -0.2) is 0 Å². The number of carbonyl (C=O) groups excluding carboxylic acids is 1. The molecule has 3 heterocycles. The van der Waals surface area contributed by atoms with Gasteiger partial charge in [-0.05, 0) is 31.2 Å². The highest BCUT2D eigenvalue weighted by Crippen LogP contribution is 2.26. The van der Waals surface area contributed by atoms with Gasteiger partial charge in [0.25, 0.3) is 5.89 Å². The molecule has 2 aromatic rings. The minimum absolute atomic E-state index is 0.0213. The number of carbonyl (C=O) groups is 1. The molecule has 0 saturated carbocycles. The first-order valence-corrected chi connectivity index (χ1v) is 7.49. The molecule has 0 unspecified atom stereocenters. The van der Waals surface area contributed by atoms with Gasteiger partial charge in [0, 0.05) is 19.2 Å². The molecule has 3 rings (SSSR count). The van der Waals surface area contributed by atoms with Gasteiger partial charge in [-0.1, -0.05) is 5.16 Å². The van der Waals surface area contributed by atoms with Crippen LogP contribution in [0.5, 0.6) is 0 Å². The van der Waals surface area contributed by atoms with E-state index in [9.17, 15) is 4.79 Å². The Morgan fingerprint density at radius 1 is 1.50 bits per heavy atom. The van der Waals surface area contributed by atoms with E-state index in [2.05, 4.69) is 25.7 Å². The molecule has 1 aliphatic heterocycles. The van der Waals surface area contributed by atoms with Crippen molar-refractivity contribution in [1.82, 2.24) is 25.7 Å². The molecule has 8 heteroatoms. The molecular weight excluding hydrogens is 286 g/mol. The summed E-state index contributed by atoms with van der Waals surface area (Å²) in [6.07, 6.45) is 7.49. The van der Waals surface area contributed by atoms with E-state index in [4.69, 9.17) is 9.26 Å². The lowest BCUT2D eigenvalue weighted by atomic mass is 10.1. The summed E-state index contributed by atoms with van der Waals surface area (Å²) in [7, 11) is 0. The SMILES string of the molecule is O=C(CCCc1cn[nH]c1)NCc1noc([C@H]2CCCO2)n1. The molecule has 1 aliphatic rings. The van der Waals surface area contributed by atoms with Crippen LogP contribution in [-0.4, -0.2) is 32.9 Å². The van der Waals surface area contributed by atoms with Crippen LogP contribution in [0, 0.1) is 0 Å². The topological polar surface area (TPSA) is 106 Å². The Hall–Kier alpha value is -2.22. The number of rotatable bonds is 7. The second-order valence-electron chi connectivity index (χ2n) is 5.29. The molecule has 2 aromatic heterocycles. The molecule has 22 heavy (non-hydrogen) atoms. The van der Waals surface area contributed by atoms with Crippen molar-refractivity contribution in [3.8, 4) is 0 Å². The van der Waals surface area contributed by atoms with Crippen molar-refractivity contribution in [2.75, 3.05) is 6.61 Å². The largest absolute Gasteiger partial charge is 0.368 e. The van der Waals surface area contributed by atoms with E-state index in [1.807, 2.05) is 6.20 Å². The molecule has 118 valence electrons. The molecule has 0 radical (unpaired) electrons. The number of aromatic amines is 1. The quantitative estimate of drug-likeness (QED) is 0.798. The molecule has 1 atom stereocenters. The molecule has 0 aliphatic carbocycles. The summed E-state index contributed by atoms with van der Waals surface area (Å²) < 4.78 is 10.6. The Morgan fingerprint density at radius 3 is 3.23 bits per heavy atom. The van der Waals surface area contributed by atoms with Crippen molar-refractivity contribution in [3.05, 3.63) is 29.7 Å². The smallest absolute Gasteiger partial charge is 0.255 e. The minimum atomic E-state index is -0.0908. The Morgan fingerprint density at radius 2 is 2.45 bits per heavy atom. The molecular formula is C14H19N5O3. The highest BCUT2D eigenvalue weighted by atomic mass is 16.5. The van der Waals surface area contributed by atoms with Crippen LogP contribution >= 0.6 is 0 Å². The van der Waals surface area contributed by atoms with Gasteiger partial charge in [0.1, 0.15) is 6.10 Å². The Bertz CT molecular complexity index is 589. The fourth-order valence-electron chi connectivity index (χ4n) is 2.38. The normalized spacial score (nSPS) is 17.7. The van der Waals surface area contributed by atoms with Crippen LogP contribution in [0.2, 0.25) is 0 Å². The van der Waals surface area contributed by atoms with Gasteiger partial charge in [0.15, 0.2) is 5.82 Å². The zero-order chi connectivity index (χ0) is 15.2. The average molecular weight is 305 g/mol. The van der Waals surface area contributed by atoms with Crippen molar-refractivity contribution in [2.24, 2.45) is 0 Å². The fourth-order valence-corrected chi connectivity index (χ4v) is 2.38. The summed E-state index contributed by atoms with van der Waals surface area (Å²) in [5.41, 5.74) is 1.10. The number of amides is 1.